The Balaban J connectivity index is 0.00000225. The number of hydrogen-bond acceptors (Lipinski definition) is 4. The fourth-order valence-electron chi connectivity index (χ4n) is 2.48. The summed E-state index contributed by atoms with van der Waals surface area (Å²) in [7, 11) is -1.92. The maximum absolute atomic E-state index is 13.0. The molecule has 3 aromatic rings. The largest absolute Gasteiger partial charge is 0.316 e. The Hall–Kier alpha value is -1.86. The van der Waals surface area contributed by atoms with Crippen LogP contribution in [0.1, 0.15) is 5.56 Å². The summed E-state index contributed by atoms with van der Waals surface area (Å²) < 4.78 is 27.3. The van der Waals surface area contributed by atoms with Gasteiger partial charge in [-0.15, -0.1) is 12.4 Å². The molecule has 1 N–H and O–H groups in total. The van der Waals surface area contributed by atoms with Crippen molar-refractivity contribution in [1.82, 2.24) is 14.3 Å². The number of benzene rings is 1. The lowest BCUT2D eigenvalue weighted by molar-refractivity contribution is 0.588. The molecule has 0 spiro atoms. The highest BCUT2D eigenvalue weighted by atomic mass is 35.5. The molecule has 0 amide bonds. The summed E-state index contributed by atoms with van der Waals surface area (Å²) in [5, 5.41) is 3.29. The molecule has 2 aromatic heterocycles. The number of nitrogens with one attached hydrogen (secondary N) is 1. The molecule has 2 heterocycles. The number of pyridine rings is 1. The van der Waals surface area contributed by atoms with Crippen molar-refractivity contribution in [2.75, 3.05) is 7.05 Å². The van der Waals surface area contributed by atoms with Gasteiger partial charge < -0.3 is 5.32 Å². The molecule has 0 radical (unpaired) electrons. The molecule has 0 atom stereocenters. The van der Waals surface area contributed by atoms with E-state index in [1.807, 2.05) is 0 Å². The molecule has 0 saturated heterocycles. The van der Waals surface area contributed by atoms with E-state index in [-0.39, 0.29) is 22.5 Å². The first-order chi connectivity index (χ1) is 11.5. The normalized spacial score (nSPS) is 11.1. The molecule has 25 heavy (non-hydrogen) atoms. The molecule has 1 aromatic carbocycles. The predicted octanol–water partition coefficient (Wildman–Crippen LogP) is 3.58. The minimum atomic E-state index is -3.73. The van der Waals surface area contributed by atoms with Crippen LogP contribution in [0.25, 0.3) is 11.3 Å². The van der Waals surface area contributed by atoms with Crippen LogP contribution in [0.5, 0.6) is 0 Å². The molecule has 0 aliphatic rings. The summed E-state index contributed by atoms with van der Waals surface area (Å²) >= 11 is 6.18. The van der Waals surface area contributed by atoms with Crippen LogP contribution in [-0.4, -0.2) is 24.4 Å². The zero-order valence-corrected chi connectivity index (χ0v) is 15.8. The number of halogens is 2. The van der Waals surface area contributed by atoms with Gasteiger partial charge >= 0.3 is 0 Å². The molecule has 132 valence electrons. The minimum Gasteiger partial charge on any atom is -0.316 e. The third-order valence-corrected chi connectivity index (χ3v) is 5.55. The van der Waals surface area contributed by atoms with E-state index in [4.69, 9.17) is 11.6 Å². The maximum atomic E-state index is 13.0. The second-order valence-electron chi connectivity index (χ2n) is 5.22. The van der Waals surface area contributed by atoms with Crippen molar-refractivity contribution in [3.05, 3.63) is 71.6 Å². The molecule has 5 nitrogen and oxygen atoms in total. The predicted molar refractivity (Wildman–Crippen MR) is 102 cm³/mol. The van der Waals surface area contributed by atoms with Gasteiger partial charge in [0.25, 0.3) is 10.0 Å². The Kier molecular flexibility index (Phi) is 6.24. The second kappa shape index (κ2) is 8.01. The number of rotatable bonds is 5. The fourth-order valence-corrected chi connectivity index (χ4v) is 4.10. The molecule has 0 fully saturated rings. The topological polar surface area (TPSA) is 64.0 Å². The average Bonchev–Trinajstić information content (AvgIpc) is 3.01. The van der Waals surface area contributed by atoms with Gasteiger partial charge in [-0.2, -0.15) is 0 Å². The summed E-state index contributed by atoms with van der Waals surface area (Å²) in [4.78, 5) is 4.27. The van der Waals surface area contributed by atoms with E-state index in [0.717, 1.165) is 5.56 Å². The minimum absolute atomic E-state index is 0. The van der Waals surface area contributed by atoms with E-state index in [9.17, 15) is 8.42 Å². The number of nitrogens with zero attached hydrogens (tertiary/aromatic N) is 2. The van der Waals surface area contributed by atoms with E-state index < -0.39 is 10.0 Å². The molecule has 0 unspecified atom stereocenters. The van der Waals surface area contributed by atoms with Crippen molar-refractivity contribution in [1.29, 1.82) is 0 Å². The van der Waals surface area contributed by atoms with Gasteiger partial charge in [0.1, 0.15) is 5.15 Å². The molecule has 8 heteroatoms. The summed E-state index contributed by atoms with van der Waals surface area (Å²) in [5.74, 6) is 0. The van der Waals surface area contributed by atoms with Crippen molar-refractivity contribution in [2.45, 2.75) is 11.4 Å². The highest BCUT2D eigenvalue weighted by Gasteiger charge is 2.22. The van der Waals surface area contributed by atoms with Gasteiger partial charge in [-0.3, -0.25) is 0 Å². The summed E-state index contributed by atoms with van der Waals surface area (Å²) in [6.45, 7) is 0.544. The highest BCUT2D eigenvalue weighted by molar-refractivity contribution is 7.90. The molecule has 0 aliphatic heterocycles. The van der Waals surface area contributed by atoms with Gasteiger partial charge in [-0.25, -0.2) is 17.4 Å². The molecular formula is C17H17Cl2N3O2S. The lowest BCUT2D eigenvalue weighted by Gasteiger charge is -2.11. The maximum Gasteiger partial charge on any atom is 0.268 e. The van der Waals surface area contributed by atoms with Crippen molar-refractivity contribution in [3.8, 4) is 11.3 Å². The smallest absolute Gasteiger partial charge is 0.268 e. The average molecular weight is 398 g/mol. The first-order valence-electron chi connectivity index (χ1n) is 7.31. The monoisotopic (exact) mass is 397 g/mol. The van der Waals surface area contributed by atoms with Crippen molar-refractivity contribution in [3.63, 3.8) is 0 Å². The molecule has 0 bridgehead atoms. The Bertz CT molecular complexity index is 957. The van der Waals surface area contributed by atoms with Crippen LogP contribution in [0, 0.1) is 0 Å². The summed E-state index contributed by atoms with van der Waals surface area (Å²) in [6.07, 6.45) is 3.18. The SMILES string of the molecule is CNCc1cc(-c2cccnc2Cl)n(S(=O)(=O)c2ccccc2)c1.Cl. The van der Waals surface area contributed by atoms with Crippen molar-refractivity contribution in [2.24, 2.45) is 0 Å². The number of aromatic nitrogens is 2. The van der Waals surface area contributed by atoms with E-state index >= 15 is 0 Å². The van der Waals surface area contributed by atoms with Gasteiger partial charge in [0.05, 0.1) is 10.6 Å². The molecule has 3 rings (SSSR count). The Morgan fingerprint density at radius 2 is 1.88 bits per heavy atom. The van der Waals surface area contributed by atoms with E-state index in [2.05, 4.69) is 10.3 Å². The third-order valence-electron chi connectivity index (χ3n) is 3.56. The van der Waals surface area contributed by atoms with Crippen molar-refractivity contribution >= 4 is 34.0 Å². The third kappa shape index (κ3) is 3.88. The van der Waals surface area contributed by atoms with E-state index in [1.165, 1.54) is 3.97 Å². The highest BCUT2D eigenvalue weighted by Crippen LogP contribution is 2.30. The van der Waals surface area contributed by atoms with Gasteiger partial charge in [0.2, 0.25) is 0 Å². The number of hydrogen-bond donors (Lipinski definition) is 1. The lowest BCUT2D eigenvalue weighted by Crippen LogP contribution is -2.13. The first kappa shape index (κ1) is 19.5. The van der Waals surface area contributed by atoms with Crippen molar-refractivity contribution < 1.29 is 8.42 Å². The van der Waals surface area contributed by atoms with Gasteiger partial charge in [0.15, 0.2) is 0 Å². The first-order valence-corrected chi connectivity index (χ1v) is 9.13. The van der Waals surface area contributed by atoms with E-state index in [0.29, 0.717) is 17.8 Å². The molecule has 0 saturated carbocycles. The lowest BCUT2D eigenvalue weighted by atomic mass is 10.2. The Morgan fingerprint density at radius 3 is 2.52 bits per heavy atom. The zero-order valence-electron chi connectivity index (χ0n) is 13.4. The van der Waals surface area contributed by atoms with Gasteiger partial charge in [-0.1, -0.05) is 29.8 Å². The van der Waals surface area contributed by atoms with Crippen LogP contribution in [0.2, 0.25) is 5.15 Å². The van der Waals surface area contributed by atoms with E-state index in [1.54, 1.807) is 68.0 Å². The van der Waals surface area contributed by atoms with Crippen LogP contribution in [0.15, 0.2) is 65.8 Å². The van der Waals surface area contributed by atoms with Crippen LogP contribution < -0.4 is 5.32 Å². The second-order valence-corrected chi connectivity index (χ2v) is 7.39. The van der Waals surface area contributed by atoms with Crippen LogP contribution in [0.4, 0.5) is 0 Å². The molecule has 0 aliphatic carbocycles. The van der Waals surface area contributed by atoms with Crippen LogP contribution >= 0.6 is 24.0 Å². The quantitative estimate of drug-likeness (QED) is 0.668. The summed E-state index contributed by atoms with van der Waals surface area (Å²) in [6, 6.07) is 13.6. The Morgan fingerprint density at radius 1 is 1.16 bits per heavy atom. The fraction of sp³-hybridized carbons (Fsp3) is 0.118. The standard InChI is InChI=1S/C17H16ClN3O2S.ClH/c1-19-11-13-10-16(15-8-5-9-20-17(15)18)21(12-13)24(22,23)14-6-3-2-4-7-14;/h2-10,12,19H,11H2,1H3;1H. The van der Waals surface area contributed by atoms with Crippen LogP contribution in [-0.2, 0) is 16.6 Å². The summed E-state index contributed by atoms with van der Waals surface area (Å²) in [5.41, 5.74) is 1.90. The molecular weight excluding hydrogens is 381 g/mol. The zero-order chi connectivity index (χ0) is 17.2. The van der Waals surface area contributed by atoms with Crippen LogP contribution in [0.3, 0.4) is 0 Å². The Labute approximate surface area is 158 Å². The van der Waals surface area contributed by atoms with Gasteiger partial charge in [0, 0.05) is 24.5 Å². The van der Waals surface area contributed by atoms with Gasteiger partial charge in [-0.05, 0) is 42.9 Å².